The van der Waals surface area contributed by atoms with Crippen LogP contribution in [0.5, 0.6) is 5.75 Å². The standard InChI is InChI=1S/C30H32N6O2/c1-4-28(29-32-33-34-36(29)19-22-8-6-5-7-9-22)35(18-23-11-14-26(38-3)15-12-23)20-25-17-24-13-10-21(2)16-27(24)31-30(25)37/h5-17,28H,4,18-20H2,1-3H3,(H,31,37)/t28-/m1/s1. The van der Waals surface area contributed by atoms with E-state index in [4.69, 9.17) is 4.74 Å². The first-order valence-corrected chi connectivity index (χ1v) is 12.8. The second kappa shape index (κ2) is 11.4. The van der Waals surface area contributed by atoms with Crippen LogP contribution in [0.2, 0.25) is 0 Å². The average molecular weight is 509 g/mol. The number of methoxy groups -OCH3 is 1. The predicted molar refractivity (Wildman–Crippen MR) is 148 cm³/mol. The first-order chi connectivity index (χ1) is 18.5. The van der Waals surface area contributed by atoms with Gasteiger partial charge in [0, 0.05) is 24.2 Å². The first-order valence-electron chi connectivity index (χ1n) is 12.8. The molecule has 1 atom stereocenters. The number of rotatable bonds is 10. The Morgan fingerprint density at radius 2 is 1.76 bits per heavy atom. The van der Waals surface area contributed by atoms with Crippen molar-refractivity contribution in [3.05, 3.63) is 117 Å². The highest BCUT2D eigenvalue weighted by atomic mass is 16.5. The lowest BCUT2D eigenvalue weighted by molar-refractivity contribution is 0.161. The van der Waals surface area contributed by atoms with E-state index in [0.717, 1.165) is 45.6 Å². The number of hydrogen-bond donors (Lipinski definition) is 1. The molecule has 0 bridgehead atoms. The van der Waals surface area contributed by atoms with Gasteiger partial charge in [-0.25, -0.2) is 4.68 Å². The van der Waals surface area contributed by atoms with E-state index in [0.29, 0.717) is 25.2 Å². The van der Waals surface area contributed by atoms with Gasteiger partial charge in [0.1, 0.15) is 5.75 Å². The molecule has 0 aliphatic carbocycles. The molecule has 5 rings (SSSR count). The lowest BCUT2D eigenvalue weighted by atomic mass is 10.1. The molecule has 0 saturated carbocycles. The largest absolute Gasteiger partial charge is 0.497 e. The van der Waals surface area contributed by atoms with Gasteiger partial charge in [-0.1, -0.05) is 61.5 Å². The van der Waals surface area contributed by atoms with Gasteiger partial charge in [0.05, 0.1) is 19.7 Å². The summed E-state index contributed by atoms with van der Waals surface area (Å²) >= 11 is 0. The molecule has 38 heavy (non-hydrogen) atoms. The molecule has 1 N–H and O–H groups in total. The number of ether oxygens (including phenoxy) is 1. The monoisotopic (exact) mass is 508 g/mol. The number of aromatic nitrogens is 5. The minimum atomic E-state index is -0.107. The van der Waals surface area contributed by atoms with Gasteiger partial charge < -0.3 is 9.72 Å². The van der Waals surface area contributed by atoms with Gasteiger partial charge >= 0.3 is 0 Å². The van der Waals surface area contributed by atoms with Crippen molar-refractivity contribution < 1.29 is 4.74 Å². The zero-order valence-corrected chi connectivity index (χ0v) is 22.0. The number of nitrogens with one attached hydrogen (secondary N) is 1. The number of pyridine rings is 1. The number of aryl methyl sites for hydroxylation is 1. The second-order valence-corrected chi connectivity index (χ2v) is 9.57. The molecule has 5 aromatic rings. The Hall–Kier alpha value is -4.30. The molecule has 0 spiro atoms. The summed E-state index contributed by atoms with van der Waals surface area (Å²) < 4.78 is 7.20. The maximum atomic E-state index is 13.2. The third-order valence-electron chi connectivity index (χ3n) is 6.86. The molecule has 8 nitrogen and oxygen atoms in total. The van der Waals surface area contributed by atoms with Crippen molar-refractivity contribution in [1.82, 2.24) is 30.1 Å². The molecule has 2 heterocycles. The normalized spacial score (nSPS) is 12.2. The molecule has 0 amide bonds. The van der Waals surface area contributed by atoms with Gasteiger partial charge in [-0.15, -0.1) is 5.10 Å². The zero-order chi connectivity index (χ0) is 26.5. The van der Waals surface area contributed by atoms with E-state index >= 15 is 0 Å². The van der Waals surface area contributed by atoms with E-state index in [-0.39, 0.29) is 11.6 Å². The second-order valence-electron chi connectivity index (χ2n) is 9.57. The predicted octanol–water partition coefficient (Wildman–Crippen LogP) is 5.03. The van der Waals surface area contributed by atoms with Gasteiger partial charge in [0.15, 0.2) is 5.82 Å². The Bertz CT molecular complexity index is 1560. The fourth-order valence-corrected chi connectivity index (χ4v) is 4.86. The fourth-order valence-electron chi connectivity index (χ4n) is 4.86. The topological polar surface area (TPSA) is 88.9 Å². The summed E-state index contributed by atoms with van der Waals surface area (Å²) in [4.78, 5) is 18.5. The molecule has 3 aromatic carbocycles. The van der Waals surface area contributed by atoms with Crippen LogP contribution in [0.1, 0.15) is 47.5 Å². The van der Waals surface area contributed by atoms with E-state index in [9.17, 15) is 4.79 Å². The van der Waals surface area contributed by atoms with Crippen LogP contribution in [0.4, 0.5) is 0 Å². The number of aromatic amines is 1. The Morgan fingerprint density at radius 1 is 0.974 bits per heavy atom. The highest BCUT2D eigenvalue weighted by Crippen LogP contribution is 2.27. The maximum Gasteiger partial charge on any atom is 0.252 e. The van der Waals surface area contributed by atoms with Crippen molar-refractivity contribution in [1.29, 1.82) is 0 Å². The highest BCUT2D eigenvalue weighted by molar-refractivity contribution is 5.79. The van der Waals surface area contributed by atoms with E-state index in [1.807, 2.05) is 54.1 Å². The van der Waals surface area contributed by atoms with Gasteiger partial charge in [-0.05, 0) is 70.1 Å². The molecule has 0 fully saturated rings. The summed E-state index contributed by atoms with van der Waals surface area (Å²) in [6.45, 7) is 5.79. The van der Waals surface area contributed by atoms with Crippen LogP contribution in [0.3, 0.4) is 0 Å². The van der Waals surface area contributed by atoms with Gasteiger partial charge in [-0.3, -0.25) is 9.69 Å². The molecule has 8 heteroatoms. The van der Waals surface area contributed by atoms with Crippen LogP contribution in [-0.4, -0.2) is 37.2 Å². The molecule has 0 aliphatic rings. The van der Waals surface area contributed by atoms with Gasteiger partial charge in [0.2, 0.25) is 0 Å². The van der Waals surface area contributed by atoms with Gasteiger partial charge in [-0.2, -0.15) is 0 Å². The zero-order valence-electron chi connectivity index (χ0n) is 22.0. The van der Waals surface area contributed by atoms with Crippen molar-refractivity contribution in [2.45, 2.75) is 45.9 Å². The quantitative estimate of drug-likeness (QED) is 0.285. The summed E-state index contributed by atoms with van der Waals surface area (Å²) in [5.41, 5.74) is 4.81. The summed E-state index contributed by atoms with van der Waals surface area (Å²) in [5.74, 6) is 1.58. The van der Waals surface area contributed by atoms with Gasteiger partial charge in [0.25, 0.3) is 5.56 Å². The van der Waals surface area contributed by atoms with Crippen molar-refractivity contribution in [2.75, 3.05) is 7.11 Å². The number of benzene rings is 3. The first kappa shape index (κ1) is 25.4. The Labute approximate surface area is 221 Å². The van der Waals surface area contributed by atoms with Crippen LogP contribution < -0.4 is 10.3 Å². The van der Waals surface area contributed by atoms with E-state index in [1.165, 1.54) is 0 Å². The average Bonchev–Trinajstić information content (AvgIpc) is 3.38. The summed E-state index contributed by atoms with van der Waals surface area (Å²) in [6.07, 6.45) is 0.774. The molecule has 0 unspecified atom stereocenters. The van der Waals surface area contributed by atoms with Crippen LogP contribution in [0.15, 0.2) is 83.7 Å². The third kappa shape index (κ3) is 5.65. The third-order valence-corrected chi connectivity index (χ3v) is 6.86. The van der Waals surface area contributed by atoms with E-state index in [2.05, 4.69) is 68.7 Å². The summed E-state index contributed by atoms with van der Waals surface area (Å²) in [7, 11) is 1.66. The fraction of sp³-hybridized carbons (Fsp3) is 0.267. The maximum absolute atomic E-state index is 13.2. The van der Waals surface area contributed by atoms with Crippen LogP contribution in [0, 0.1) is 6.92 Å². The molecule has 194 valence electrons. The number of tetrazole rings is 1. The lowest BCUT2D eigenvalue weighted by Gasteiger charge is -2.30. The Balaban J connectivity index is 1.51. The smallest absolute Gasteiger partial charge is 0.252 e. The molecule has 0 radical (unpaired) electrons. The van der Waals surface area contributed by atoms with Crippen molar-refractivity contribution in [3.63, 3.8) is 0 Å². The van der Waals surface area contributed by atoms with Crippen LogP contribution >= 0.6 is 0 Å². The number of H-pyrrole nitrogens is 1. The molecular formula is C30H32N6O2. The van der Waals surface area contributed by atoms with Crippen molar-refractivity contribution in [2.24, 2.45) is 0 Å². The highest BCUT2D eigenvalue weighted by Gasteiger charge is 2.26. The van der Waals surface area contributed by atoms with Crippen LogP contribution in [0.25, 0.3) is 10.9 Å². The van der Waals surface area contributed by atoms with Crippen LogP contribution in [-0.2, 0) is 19.6 Å². The SMILES string of the molecule is CC[C@H](c1nnnn1Cc1ccccc1)N(Cc1ccc(OC)cc1)Cc1cc2ccc(C)cc2[nH]c1=O. The van der Waals surface area contributed by atoms with E-state index in [1.54, 1.807) is 7.11 Å². The van der Waals surface area contributed by atoms with Crippen molar-refractivity contribution in [3.8, 4) is 5.75 Å². The minimum Gasteiger partial charge on any atom is -0.497 e. The Kier molecular flexibility index (Phi) is 7.60. The van der Waals surface area contributed by atoms with Crippen molar-refractivity contribution >= 4 is 10.9 Å². The molecular weight excluding hydrogens is 476 g/mol. The summed E-state index contributed by atoms with van der Waals surface area (Å²) in [5, 5.41) is 13.8. The molecule has 2 aromatic heterocycles. The molecule has 0 aliphatic heterocycles. The summed E-state index contributed by atoms with van der Waals surface area (Å²) in [6, 6.07) is 26.2. The molecule has 0 saturated heterocycles. The minimum absolute atomic E-state index is 0.0819. The lowest BCUT2D eigenvalue weighted by Crippen LogP contribution is -2.32. The Morgan fingerprint density at radius 3 is 2.50 bits per heavy atom. The number of nitrogens with zero attached hydrogens (tertiary/aromatic N) is 5. The number of fused-ring (bicyclic) bond motifs is 1. The number of hydrogen-bond acceptors (Lipinski definition) is 6. The van der Waals surface area contributed by atoms with E-state index < -0.39 is 0 Å².